The number of fused-ring (bicyclic) bond motifs is 1. The van der Waals surface area contributed by atoms with E-state index in [2.05, 4.69) is 30.9 Å². The van der Waals surface area contributed by atoms with Crippen molar-refractivity contribution in [2.24, 2.45) is 0 Å². The zero-order valence-electron chi connectivity index (χ0n) is 15.8. The molecule has 1 aliphatic rings. The number of anilines is 1. The van der Waals surface area contributed by atoms with Crippen LogP contribution in [-0.2, 0) is 0 Å². The molecule has 0 aliphatic carbocycles. The van der Waals surface area contributed by atoms with E-state index < -0.39 is 18.4 Å². The number of rotatable bonds is 4. The van der Waals surface area contributed by atoms with Gasteiger partial charge in [0.05, 0.1) is 18.1 Å². The van der Waals surface area contributed by atoms with Crippen LogP contribution < -0.4 is 5.73 Å². The second-order valence-electron chi connectivity index (χ2n) is 7.36. The molecule has 3 aromatic heterocycles. The Morgan fingerprint density at radius 3 is 2.60 bits per heavy atom. The number of likely N-dealkylation sites (tertiary alicyclic amines) is 1. The number of nitrogens with two attached hydrogens (primary N) is 1. The quantitative estimate of drug-likeness (QED) is 0.436. The Hall–Kier alpha value is -2.27. The summed E-state index contributed by atoms with van der Waals surface area (Å²) in [6.07, 6.45) is 1.03. The van der Waals surface area contributed by atoms with Gasteiger partial charge in [-0.2, -0.15) is 18.2 Å². The third-order valence-electron chi connectivity index (χ3n) is 5.40. The lowest BCUT2D eigenvalue weighted by Gasteiger charge is -2.32. The van der Waals surface area contributed by atoms with E-state index in [9.17, 15) is 17.6 Å². The molecule has 0 aromatic carbocycles. The van der Waals surface area contributed by atoms with E-state index in [1.54, 1.807) is 16.8 Å². The predicted molar refractivity (Wildman–Crippen MR) is 108 cm³/mol. The molecule has 11 heteroatoms. The number of nitrogen functional groups attached to an aromatic ring is 1. The molecule has 0 atom stereocenters. The summed E-state index contributed by atoms with van der Waals surface area (Å²) >= 11 is 3.34. The van der Waals surface area contributed by atoms with Gasteiger partial charge >= 0.3 is 6.18 Å². The van der Waals surface area contributed by atoms with Crippen molar-refractivity contribution >= 4 is 32.8 Å². The fourth-order valence-corrected chi connectivity index (χ4v) is 4.23. The molecule has 0 bridgehead atoms. The van der Waals surface area contributed by atoms with Crippen molar-refractivity contribution in [2.75, 3.05) is 25.4 Å². The molecule has 1 aliphatic heterocycles. The van der Waals surface area contributed by atoms with Crippen LogP contribution in [0.4, 0.5) is 23.5 Å². The van der Waals surface area contributed by atoms with Crippen molar-refractivity contribution in [1.29, 1.82) is 0 Å². The zero-order chi connectivity index (χ0) is 21.5. The van der Waals surface area contributed by atoms with Crippen molar-refractivity contribution in [3.8, 4) is 5.82 Å². The van der Waals surface area contributed by atoms with Gasteiger partial charge in [0.2, 0.25) is 5.95 Å². The number of nitrogens with zero attached hydrogens (tertiary/aromatic N) is 5. The van der Waals surface area contributed by atoms with Crippen LogP contribution in [-0.4, -0.2) is 50.2 Å². The van der Waals surface area contributed by atoms with Gasteiger partial charge < -0.3 is 10.6 Å². The van der Waals surface area contributed by atoms with Crippen LogP contribution in [0.25, 0.3) is 16.7 Å². The molecule has 30 heavy (non-hydrogen) atoms. The van der Waals surface area contributed by atoms with Crippen LogP contribution in [0.5, 0.6) is 0 Å². The first-order valence-corrected chi connectivity index (χ1v) is 10.2. The highest BCUT2D eigenvalue weighted by Crippen LogP contribution is 2.36. The normalized spacial score (nSPS) is 16.4. The summed E-state index contributed by atoms with van der Waals surface area (Å²) in [5.41, 5.74) is 7.33. The van der Waals surface area contributed by atoms with E-state index in [4.69, 9.17) is 5.73 Å². The number of aromatic nitrogens is 4. The lowest BCUT2D eigenvalue weighted by atomic mass is 9.89. The van der Waals surface area contributed by atoms with Crippen LogP contribution in [0.2, 0.25) is 0 Å². The van der Waals surface area contributed by atoms with Crippen molar-refractivity contribution < 1.29 is 17.6 Å². The highest BCUT2D eigenvalue weighted by molar-refractivity contribution is 9.10. The first-order chi connectivity index (χ1) is 14.2. The molecule has 2 N–H and O–H groups in total. The topological polar surface area (TPSA) is 72.9 Å². The summed E-state index contributed by atoms with van der Waals surface area (Å²) in [5.74, 6) is -0.482. The Balaban J connectivity index is 1.64. The van der Waals surface area contributed by atoms with E-state index in [0.717, 1.165) is 17.1 Å². The van der Waals surface area contributed by atoms with Crippen LogP contribution in [0.15, 0.2) is 29.3 Å². The van der Waals surface area contributed by atoms with Gasteiger partial charge in [-0.3, -0.25) is 4.57 Å². The fraction of sp³-hybridized carbons (Fsp3) is 0.421. The number of hydrogen-bond acceptors (Lipinski definition) is 5. The SMILES string of the molecule is Nc1ncc(F)c(-n2cc(C3CCN(CCC(F)(F)F)CC3)c3cnc(Br)cc32)n1. The standard InChI is InChI=1S/C19H19BrF4N6/c20-16-7-15-12(8-26-16)13(10-30(15)17-14(21)9-27-18(25)28-17)11-1-4-29(5-2-11)6-3-19(22,23)24/h7-11H,1-6H2,(H2,25,27,28). The number of halogens is 5. The minimum Gasteiger partial charge on any atom is -0.368 e. The maximum absolute atomic E-state index is 14.4. The van der Waals surface area contributed by atoms with Gasteiger partial charge in [0.25, 0.3) is 0 Å². The molecule has 1 saturated heterocycles. The minimum absolute atomic E-state index is 0.0118. The van der Waals surface area contributed by atoms with Crippen LogP contribution in [0.3, 0.4) is 0 Å². The molecular formula is C19H19BrF4N6. The molecule has 0 unspecified atom stereocenters. The maximum Gasteiger partial charge on any atom is 0.390 e. The van der Waals surface area contributed by atoms with Gasteiger partial charge in [-0.25, -0.2) is 14.4 Å². The van der Waals surface area contributed by atoms with Gasteiger partial charge in [-0.05, 0) is 59.4 Å². The molecular weight excluding hydrogens is 468 g/mol. The Kier molecular flexibility index (Phi) is 5.67. The van der Waals surface area contributed by atoms with Crippen molar-refractivity contribution in [3.63, 3.8) is 0 Å². The van der Waals surface area contributed by atoms with E-state index in [1.807, 2.05) is 11.1 Å². The van der Waals surface area contributed by atoms with Crippen molar-refractivity contribution in [1.82, 2.24) is 24.4 Å². The molecule has 3 aromatic rings. The molecule has 0 amide bonds. The van der Waals surface area contributed by atoms with Crippen molar-refractivity contribution in [2.45, 2.75) is 31.4 Å². The van der Waals surface area contributed by atoms with Crippen molar-refractivity contribution in [3.05, 3.63) is 40.6 Å². The Morgan fingerprint density at radius 1 is 1.17 bits per heavy atom. The van der Waals surface area contributed by atoms with E-state index >= 15 is 0 Å². The number of hydrogen-bond donors (Lipinski definition) is 1. The second-order valence-corrected chi connectivity index (χ2v) is 8.17. The van der Waals surface area contributed by atoms with Crippen LogP contribution in [0.1, 0.15) is 30.7 Å². The average molecular weight is 487 g/mol. The number of pyridine rings is 1. The molecule has 6 nitrogen and oxygen atoms in total. The van der Waals surface area contributed by atoms with Gasteiger partial charge in [0.15, 0.2) is 11.6 Å². The first kappa shape index (κ1) is 21.0. The summed E-state index contributed by atoms with van der Waals surface area (Å²) in [4.78, 5) is 13.9. The van der Waals surface area contributed by atoms with Crippen LogP contribution >= 0.6 is 15.9 Å². The third-order valence-corrected chi connectivity index (χ3v) is 5.83. The smallest absolute Gasteiger partial charge is 0.368 e. The Bertz CT molecular complexity index is 1060. The summed E-state index contributed by atoms with van der Waals surface area (Å²) < 4.78 is 54.1. The van der Waals surface area contributed by atoms with Gasteiger partial charge in [-0.1, -0.05) is 0 Å². The largest absolute Gasteiger partial charge is 0.390 e. The maximum atomic E-state index is 14.4. The predicted octanol–water partition coefficient (Wildman–Crippen LogP) is 4.43. The molecule has 0 radical (unpaired) electrons. The molecule has 4 heterocycles. The van der Waals surface area contributed by atoms with Gasteiger partial charge in [0, 0.05) is 24.3 Å². The fourth-order valence-electron chi connectivity index (χ4n) is 3.91. The highest BCUT2D eigenvalue weighted by Gasteiger charge is 2.30. The summed E-state index contributed by atoms with van der Waals surface area (Å²) in [7, 11) is 0. The third kappa shape index (κ3) is 4.41. The number of alkyl halides is 3. The lowest BCUT2D eigenvalue weighted by molar-refractivity contribution is -0.138. The monoisotopic (exact) mass is 486 g/mol. The Labute approximate surface area is 178 Å². The minimum atomic E-state index is -4.15. The summed E-state index contributed by atoms with van der Waals surface area (Å²) in [6.45, 7) is 1.16. The molecule has 0 saturated carbocycles. The average Bonchev–Trinajstić information content (AvgIpc) is 3.06. The highest BCUT2D eigenvalue weighted by atomic mass is 79.9. The Morgan fingerprint density at radius 2 is 1.90 bits per heavy atom. The lowest BCUT2D eigenvalue weighted by Crippen LogP contribution is -2.35. The number of piperidine rings is 1. The first-order valence-electron chi connectivity index (χ1n) is 9.45. The molecule has 0 spiro atoms. The van der Waals surface area contributed by atoms with Crippen LogP contribution in [0, 0.1) is 5.82 Å². The second kappa shape index (κ2) is 8.10. The van der Waals surface area contributed by atoms with Gasteiger partial charge in [-0.15, -0.1) is 0 Å². The van der Waals surface area contributed by atoms with Gasteiger partial charge in [0.1, 0.15) is 4.60 Å². The summed E-state index contributed by atoms with van der Waals surface area (Å²) in [6, 6.07) is 1.77. The molecule has 1 fully saturated rings. The zero-order valence-corrected chi connectivity index (χ0v) is 17.4. The molecule has 160 valence electrons. The van der Waals surface area contributed by atoms with E-state index in [0.29, 0.717) is 36.1 Å². The summed E-state index contributed by atoms with van der Waals surface area (Å²) in [5, 5.41) is 0.850. The molecule has 4 rings (SSSR count). The van der Waals surface area contributed by atoms with E-state index in [-0.39, 0.29) is 24.2 Å². The van der Waals surface area contributed by atoms with E-state index in [1.165, 1.54) is 0 Å².